The van der Waals surface area contributed by atoms with Crippen molar-refractivity contribution in [3.63, 3.8) is 0 Å². The Hall–Kier alpha value is -0.860. The van der Waals surface area contributed by atoms with Crippen LogP contribution in [-0.4, -0.2) is 12.7 Å². The van der Waals surface area contributed by atoms with Gasteiger partial charge in [0.05, 0.1) is 12.7 Å². The average molecular weight is 220 g/mol. The molecule has 0 bridgehead atoms. The molecule has 0 spiro atoms. The molecule has 2 unspecified atom stereocenters. The molecule has 88 valence electrons. The molecule has 1 aliphatic rings. The first-order valence-electron chi connectivity index (χ1n) is 6.25. The molecule has 0 radical (unpaired) electrons. The average Bonchev–Trinajstić information content (AvgIpc) is 2.38. The molecular weight excluding hydrogens is 200 g/mol. The third kappa shape index (κ3) is 2.83. The van der Waals surface area contributed by atoms with Crippen molar-refractivity contribution in [2.45, 2.75) is 44.6 Å². The van der Waals surface area contributed by atoms with Gasteiger partial charge in [-0.1, -0.05) is 43.2 Å². The first kappa shape index (κ1) is 11.6. The van der Waals surface area contributed by atoms with Gasteiger partial charge in [0.25, 0.3) is 0 Å². The molecule has 1 aliphatic carbocycles. The Bertz CT molecular complexity index is 297. The second kappa shape index (κ2) is 6.02. The van der Waals surface area contributed by atoms with E-state index in [0.29, 0.717) is 12.5 Å². The molecule has 2 rings (SSSR count). The van der Waals surface area contributed by atoms with E-state index in [1.165, 1.54) is 24.8 Å². The smallest absolute Gasteiger partial charge is 0.0998 e. The van der Waals surface area contributed by atoms with Crippen molar-refractivity contribution in [3.8, 4) is 0 Å². The SMILES string of the molecule is CCOOC1CCCCC1c1ccccc1. The zero-order valence-corrected chi connectivity index (χ0v) is 9.89. The summed E-state index contributed by atoms with van der Waals surface area (Å²) in [5.74, 6) is 0.501. The minimum Gasteiger partial charge on any atom is -0.237 e. The third-order valence-electron chi connectivity index (χ3n) is 3.24. The van der Waals surface area contributed by atoms with Crippen LogP contribution in [0.3, 0.4) is 0 Å². The van der Waals surface area contributed by atoms with Crippen LogP contribution >= 0.6 is 0 Å². The summed E-state index contributed by atoms with van der Waals surface area (Å²) in [6.45, 7) is 2.58. The molecule has 2 nitrogen and oxygen atoms in total. The summed E-state index contributed by atoms with van der Waals surface area (Å²) in [6, 6.07) is 10.6. The zero-order valence-electron chi connectivity index (χ0n) is 9.89. The van der Waals surface area contributed by atoms with Crippen LogP contribution in [0.15, 0.2) is 30.3 Å². The summed E-state index contributed by atoms with van der Waals surface area (Å²) in [5.41, 5.74) is 1.38. The van der Waals surface area contributed by atoms with E-state index in [4.69, 9.17) is 9.78 Å². The van der Waals surface area contributed by atoms with Gasteiger partial charge in [0, 0.05) is 5.92 Å². The van der Waals surface area contributed by atoms with Crippen LogP contribution in [0.2, 0.25) is 0 Å². The fourth-order valence-corrected chi connectivity index (χ4v) is 2.45. The van der Waals surface area contributed by atoms with Crippen molar-refractivity contribution in [1.82, 2.24) is 0 Å². The maximum absolute atomic E-state index is 5.50. The molecule has 0 N–H and O–H groups in total. The van der Waals surface area contributed by atoms with Crippen molar-refractivity contribution >= 4 is 0 Å². The van der Waals surface area contributed by atoms with E-state index in [0.717, 1.165) is 6.42 Å². The van der Waals surface area contributed by atoms with Gasteiger partial charge in [-0.3, -0.25) is 0 Å². The molecule has 1 aromatic rings. The molecule has 1 aromatic carbocycles. The summed E-state index contributed by atoms with van der Waals surface area (Å²) < 4.78 is 0. The summed E-state index contributed by atoms with van der Waals surface area (Å²) in [6.07, 6.45) is 5.10. The van der Waals surface area contributed by atoms with E-state index in [1.807, 2.05) is 6.92 Å². The predicted octanol–water partition coefficient (Wildman–Crippen LogP) is 3.68. The highest BCUT2D eigenvalue weighted by atomic mass is 17.2. The Morgan fingerprint density at radius 3 is 2.62 bits per heavy atom. The molecule has 0 amide bonds. The predicted molar refractivity (Wildman–Crippen MR) is 64.2 cm³/mol. The van der Waals surface area contributed by atoms with Crippen LogP contribution in [0.1, 0.15) is 44.1 Å². The second-order valence-corrected chi connectivity index (χ2v) is 4.34. The zero-order chi connectivity index (χ0) is 11.2. The van der Waals surface area contributed by atoms with Crippen molar-refractivity contribution < 1.29 is 9.78 Å². The molecule has 0 heterocycles. The molecule has 0 aromatic heterocycles. The lowest BCUT2D eigenvalue weighted by atomic mass is 9.82. The summed E-state index contributed by atoms with van der Waals surface area (Å²) in [7, 11) is 0. The minimum atomic E-state index is 0.232. The third-order valence-corrected chi connectivity index (χ3v) is 3.24. The number of benzene rings is 1. The number of hydrogen-bond donors (Lipinski definition) is 0. The molecule has 1 saturated carbocycles. The van der Waals surface area contributed by atoms with E-state index < -0.39 is 0 Å². The second-order valence-electron chi connectivity index (χ2n) is 4.34. The van der Waals surface area contributed by atoms with Gasteiger partial charge in [0.1, 0.15) is 0 Å². The van der Waals surface area contributed by atoms with Crippen molar-refractivity contribution in [2.75, 3.05) is 6.61 Å². The molecule has 16 heavy (non-hydrogen) atoms. The van der Waals surface area contributed by atoms with Gasteiger partial charge in [-0.2, -0.15) is 0 Å². The number of hydrogen-bond acceptors (Lipinski definition) is 2. The van der Waals surface area contributed by atoms with E-state index in [1.54, 1.807) is 0 Å². The number of rotatable bonds is 4. The topological polar surface area (TPSA) is 18.5 Å². The summed E-state index contributed by atoms with van der Waals surface area (Å²) in [4.78, 5) is 10.6. The summed E-state index contributed by atoms with van der Waals surface area (Å²) >= 11 is 0. The fraction of sp³-hybridized carbons (Fsp3) is 0.571. The standard InChI is InChI=1S/C14H20O2/c1-2-15-16-14-11-7-6-10-13(14)12-8-4-3-5-9-12/h3-5,8-9,13-14H,2,6-7,10-11H2,1H3. The molecule has 0 aliphatic heterocycles. The lowest BCUT2D eigenvalue weighted by Crippen LogP contribution is -2.26. The van der Waals surface area contributed by atoms with Crippen LogP contribution in [0.4, 0.5) is 0 Å². The van der Waals surface area contributed by atoms with E-state index in [-0.39, 0.29) is 6.10 Å². The van der Waals surface area contributed by atoms with Gasteiger partial charge in [-0.15, -0.1) is 0 Å². The Kier molecular flexibility index (Phi) is 4.37. The Labute approximate surface area is 97.5 Å². The normalized spacial score (nSPS) is 25.6. The van der Waals surface area contributed by atoms with Crippen LogP contribution < -0.4 is 0 Å². The highest BCUT2D eigenvalue weighted by Crippen LogP contribution is 2.34. The lowest BCUT2D eigenvalue weighted by Gasteiger charge is -2.30. The first-order valence-corrected chi connectivity index (χ1v) is 6.25. The van der Waals surface area contributed by atoms with Crippen LogP contribution in [0, 0.1) is 0 Å². The van der Waals surface area contributed by atoms with Gasteiger partial charge in [-0.25, -0.2) is 9.78 Å². The van der Waals surface area contributed by atoms with Crippen molar-refractivity contribution in [1.29, 1.82) is 0 Å². The Balaban J connectivity index is 2.04. The maximum atomic E-state index is 5.50. The lowest BCUT2D eigenvalue weighted by molar-refractivity contribution is -0.329. The van der Waals surface area contributed by atoms with Gasteiger partial charge < -0.3 is 0 Å². The minimum absolute atomic E-state index is 0.232. The van der Waals surface area contributed by atoms with E-state index in [2.05, 4.69) is 30.3 Å². The van der Waals surface area contributed by atoms with Crippen molar-refractivity contribution in [2.24, 2.45) is 0 Å². The molecule has 2 heteroatoms. The van der Waals surface area contributed by atoms with Crippen LogP contribution in [-0.2, 0) is 9.78 Å². The molecule has 2 atom stereocenters. The monoisotopic (exact) mass is 220 g/mol. The fourth-order valence-electron chi connectivity index (χ4n) is 2.45. The quantitative estimate of drug-likeness (QED) is 0.569. The van der Waals surface area contributed by atoms with E-state index >= 15 is 0 Å². The molecular formula is C14H20O2. The first-order chi connectivity index (χ1) is 7.92. The summed E-state index contributed by atoms with van der Waals surface area (Å²) in [5, 5.41) is 0. The van der Waals surface area contributed by atoms with Crippen LogP contribution in [0.5, 0.6) is 0 Å². The largest absolute Gasteiger partial charge is 0.237 e. The molecule has 1 fully saturated rings. The van der Waals surface area contributed by atoms with Crippen molar-refractivity contribution in [3.05, 3.63) is 35.9 Å². The van der Waals surface area contributed by atoms with Gasteiger partial charge in [0.15, 0.2) is 0 Å². The van der Waals surface area contributed by atoms with Crippen LogP contribution in [0.25, 0.3) is 0 Å². The highest BCUT2D eigenvalue weighted by Gasteiger charge is 2.27. The van der Waals surface area contributed by atoms with Gasteiger partial charge in [-0.05, 0) is 25.3 Å². The molecule has 0 saturated heterocycles. The Morgan fingerprint density at radius 2 is 1.88 bits per heavy atom. The van der Waals surface area contributed by atoms with Gasteiger partial charge >= 0.3 is 0 Å². The highest BCUT2D eigenvalue weighted by molar-refractivity contribution is 5.21. The van der Waals surface area contributed by atoms with E-state index in [9.17, 15) is 0 Å². The Morgan fingerprint density at radius 1 is 1.12 bits per heavy atom. The van der Waals surface area contributed by atoms with Gasteiger partial charge in [0.2, 0.25) is 0 Å². The maximum Gasteiger partial charge on any atom is 0.0998 e.